The van der Waals surface area contributed by atoms with Gasteiger partial charge in [-0.3, -0.25) is 0 Å². The molecule has 3 heteroatoms. The van der Waals surface area contributed by atoms with Crippen LogP contribution in [0.5, 0.6) is 0 Å². The van der Waals surface area contributed by atoms with E-state index in [9.17, 15) is 0 Å². The van der Waals surface area contributed by atoms with Crippen LogP contribution in [0.25, 0.3) is 83.5 Å². The van der Waals surface area contributed by atoms with Crippen LogP contribution in [-0.2, 0) is 5.41 Å². The Balaban J connectivity index is 1.08. The van der Waals surface area contributed by atoms with Crippen molar-refractivity contribution in [2.45, 2.75) is 5.41 Å². The van der Waals surface area contributed by atoms with Crippen LogP contribution >= 0.6 is 0 Å². The second kappa shape index (κ2) is 12.3. The number of hydrogen-bond donors (Lipinski definition) is 0. The van der Waals surface area contributed by atoms with Crippen molar-refractivity contribution < 1.29 is 4.42 Å². The average molecular weight is 715 g/mol. The lowest BCUT2D eigenvalue weighted by molar-refractivity contribution is 0.670. The lowest BCUT2D eigenvalue weighted by Gasteiger charge is -2.30. The Labute approximate surface area is 325 Å². The third-order valence-electron chi connectivity index (χ3n) is 11.7. The first-order valence-corrected chi connectivity index (χ1v) is 19.0. The number of aromatic nitrogens is 2. The topological polar surface area (TPSA) is 38.9 Å². The number of para-hydroxylation sites is 2. The molecule has 11 rings (SSSR count). The smallest absolute Gasteiger partial charge is 0.160 e. The normalized spacial score (nSPS) is 13.4. The Morgan fingerprint density at radius 2 is 1.07 bits per heavy atom. The van der Waals surface area contributed by atoms with E-state index < -0.39 is 5.41 Å². The molecule has 56 heavy (non-hydrogen) atoms. The van der Waals surface area contributed by atoms with Gasteiger partial charge in [0, 0.05) is 27.5 Å². The van der Waals surface area contributed by atoms with Crippen LogP contribution in [0, 0.1) is 0 Å². The highest BCUT2D eigenvalue weighted by molar-refractivity contribution is 6.09. The van der Waals surface area contributed by atoms with Crippen LogP contribution < -0.4 is 0 Å². The van der Waals surface area contributed by atoms with Crippen LogP contribution in [0.4, 0.5) is 0 Å². The molecule has 7 aromatic carbocycles. The van der Waals surface area contributed by atoms with Gasteiger partial charge < -0.3 is 4.42 Å². The van der Waals surface area contributed by atoms with Gasteiger partial charge >= 0.3 is 0 Å². The molecule has 0 radical (unpaired) electrons. The Kier molecular flexibility index (Phi) is 7.07. The monoisotopic (exact) mass is 714 g/mol. The quantitative estimate of drug-likeness (QED) is 0.161. The first-order valence-electron chi connectivity index (χ1n) is 19.0. The molecule has 262 valence electrons. The van der Waals surface area contributed by atoms with Gasteiger partial charge in [0.2, 0.25) is 0 Å². The minimum atomic E-state index is -0.443. The summed E-state index contributed by atoms with van der Waals surface area (Å²) in [6.07, 6.45) is 5.55. The molecule has 0 amide bonds. The third-order valence-corrected chi connectivity index (χ3v) is 11.7. The lowest BCUT2D eigenvalue weighted by atomic mass is 9.70. The summed E-state index contributed by atoms with van der Waals surface area (Å²) in [4.78, 5) is 10.4. The molecule has 9 aromatic rings. The standard InChI is InChI=1S/C53H34N2O/c1-3-14-33(4-2)48-32-49(55-52(54-48)35-27-25-34(26-28-35)37-19-13-20-43-42-18-8-12-24-50(42)56-51(37)43)36-29-30-41-40-17-7-11-23-46(40)53(47(41)31-36)44-21-9-5-15-38(44)39-16-6-10-22-45(39)53/h3-32H,1-2H2/b33-14+. The molecule has 3 nitrogen and oxygen atoms in total. The molecule has 0 aliphatic heterocycles. The Morgan fingerprint density at radius 3 is 1.75 bits per heavy atom. The van der Waals surface area contributed by atoms with Gasteiger partial charge in [0.1, 0.15) is 11.2 Å². The van der Waals surface area contributed by atoms with E-state index in [0.29, 0.717) is 5.82 Å². The highest BCUT2D eigenvalue weighted by atomic mass is 16.3. The maximum atomic E-state index is 6.37. The van der Waals surface area contributed by atoms with Gasteiger partial charge in [0.05, 0.1) is 16.8 Å². The average Bonchev–Trinajstić information content (AvgIpc) is 3.89. The first-order chi connectivity index (χ1) is 27.7. The molecule has 0 unspecified atom stereocenters. The van der Waals surface area contributed by atoms with Crippen molar-refractivity contribution in [1.82, 2.24) is 9.97 Å². The summed E-state index contributed by atoms with van der Waals surface area (Å²) in [5.74, 6) is 0.637. The molecule has 0 fully saturated rings. The minimum Gasteiger partial charge on any atom is -0.455 e. The summed E-state index contributed by atoms with van der Waals surface area (Å²) < 4.78 is 6.37. The number of rotatable bonds is 6. The molecule has 0 saturated heterocycles. The van der Waals surface area contributed by atoms with Gasteiger partial charge in [-0.1, -0.05) is 177 Å². The summed E-state index contributed by atoms with van der Waals surface area (Å²) in [6.45, 7) is 8.09. The molecule has 1 spiro atoms. The SMILES string of the molecule is C=C/C=C(\C=C)c1cc(-c2ccc3c(c2)C2(c4ccccc4-c4ccccc42)c2ccccc2-3)nc(-c2ccc(-c3cccc4c3oc3ccccc34)cc2)n1. The highest BCUT2D eigenvalue weighted by Crippen LogP contribution is 2.63. The van der Waals surface area contributed by atoms with E-state index in [1.165, 1.54) is 44.5 Å². The number of hydrogen-bond acceptors (Lipinski definition) is 3. The minimum absolute atomic E-state index is 0.443. The second-order valence-corrected chi connectivity index (χ2v) is 14.5. The maximum Gasteiger partial charge on any atom is 0.160 e. The zero-order valence-electron chi connectivity index (χ0n) is 30.5. The summed E-state index contributed by atoms with van der Waals surface area (Å²) in [7, 11) is 0. The second-order valence-electron chi connectivity index (χ2n) is 14.5. The highest BCUT2D eigenvalue weighted by Gasteiger charge is 2.51. The molecule has 2 aliphatic carbocycles. The molecule has 0 atom stereocenters. The van der Waals surface area contributed by atoms with Crippen LogP contribution in [0.3, 0.4) is 0 Å². The Hall–Kier alpha value is -7.36. The molecule has 2 aromatic heterocycles. The number of benzene rings is 7. The van der Waals surface area contributed by atoms with Crippen LogP contribution in [0.15, 0.2) is 200 Å². The van der Waals surface area contributed by atoms with E-state index in [1.807, 2.05) is 24.3 Å². The molecule has 0 N–H and O–H groups in total. The Morgan fingerprint density at radius 1 is 0.500 bits per heavy atom. The van der Waals surface area contributed by atoms with E-state index in [2.05, 4.69) is 165 Å². The van der Waals surface area contributed by atoms with Gasteiger partial charge in [0.15, 0.2) is 5.82 Å². The van der Waals surface area contributed by atoms with Crippen molar-refractivity contribution in [1.29, 1.82) is 0 Å². The zero-order valence-corrected chi connectivity index (χ0v) is 30.5. The number of allylic oxidation sites excluding steroid dienone is 4. The number of fused-ring (bicyclic) bond motifs is 13. The molecule has 0 saturated carbocycles. The van der Waals surface area contributed by atoms with Crippen molar-refractivity contribution in [2.24, 2.45) is 0 Å². The predicted molar refractivity (Wildman–Crippen MR) is 230 cm³/mol. The zero-order chi connectivity index (χ0) is 37.4. The molecule has 2 aliphatic rings. The van der Waals surface area contributed by atoms with Crippen molar-refractivity contribution in [3.8, 4) is 56.0 Å². The van der Waals surface area contributed by atoms with E-state index in [-0.39, 0.29) is 0 Å². The van der Waals surface area contributed by atoms with Crippen molar-refractivity contribution >= 4 is 27.5 Å². The van der Waals surface area contributed by atoms with E-state index in [1.54, 1.807) is 6.08 Å². The summed E-state index contributed by atoms with van der Waals surface area (Å²) in [5.41, 5.74) is 18.2. The van der Waals surface area contributed by atoms with Crippen molar-refractivity contribution in [3.63, 3.8) is 0 Å². The van der Waals surface area contributed by atoms with E-state index in [4.69, 9.17) is 14.4 Å². The largest absolute Gasteiger partial charge is 0.455 e. The third kappa shape index (κ3) is 4.52. The van der Waals surface area contributed by atoms with Gasteiger partial charge in [-0.2, -0.15) is 0 Å². The fourth-order valence-corrected chi connectivity index (χ4v) is 9.28. The maximum absolute atomic E-state index is 6.37. The lowest BCUT2D eigenvalue weighted by Crippen LogP contribution is -2.25. The molecule has 2 heterocycles. The molecular weight excluding hydrogens is 681 g/mol. The predicted octanol–water partition coefficient (Wildman–Crippen LogP) is 13.5. The van der Waals surface area contributed by atoms with E-state index >= 15 is 0 Å². The summed E-state index contributed by atoms with van der Waals surface area (Å²) >= 11 is 0. The Bertz CT molecular complexity index is 3060. The van der Waals surface area contributed by atoms with Crippen molar-refractivity contribution in [2.75, 3.05) is 0 Å². The van der Waals surface area contributed by atoms with Crippen molar-refractivity contribution in [3.05, 3.63) is 223 Å². The fourth-order valence-electron chi connectivity index (χ4n) is 9.28. The van der Waals surface area contributed by atoms with Crippen LogP contribution in [0.1, 0.15) is 27.9 Å². The summed E-state index contributed by atoms with van der Waals surface area (Å²) in [6, 6.07) is 58.6. The summed E-state index contributed by atoms with van der Waals surface area (Å²) in [5, 5.41) is 2.23. The van der Waals surface area contributed by atoms with Gasteiger partial charge in [-0.05, 0) is 73.8 Å². The van der Waals surface area contributed by atoms with Crippen LogP contribution in [0.2, 0.25) is 0 Å². The van der Waals surface area contributed by atoms with Gasteiger partial charge in [-0.25, -0.2) is 9.97 Å². The van der Waals surface area contributed by atoms with Gasteiger partial charge in [-0.15, -0.1) is 0 Å². The fraction of sp³-hybridized carbons (Fsp3) is 0.0189. The molecular formula is C53H34N2O. The molecule has 0 bridgehead atoms. The van der Waals surface area contributed by atoms with Gasteiger partial charge in [0.25, 0.3) is 0 Å². The van der Waals surface area contributed by atoms with Crippen LogP contribution in [-0.4, -0.2) is 9.97 Å². The van der Waals surface area contributed by atoms with E-state index in [0.717, 1.165) is 61.2 Å². The first kappa shape index (κ1) is 32.1. The number of furan rings is 1. The number of nitrogens with zero attached hydrogens (tertiary/aromatic N) is 2.